The third kappa shape index (κ3) is 5.35. The summed E-state index contributed by atoms with van der Waals surface area (Å²) in [6, 6.07) is 13.1. The highest BCUT2D eigenvalue weighted by molar-refractivity contribution is 7.16. The molecule has 10 heteroatoms. The molecule has 0 atom stereocenters. The number of nitrogens with zero attached hydrogens (tertiary/aromatic N) is 1. The monoisotopic (exact) mass is 453 g/mol. The summed E-state index contributed by atoms with van der Waals surface area (Å²) >= 11 is 1.27. The number of benzene rings is 2. The Bertz CT molecular complexity index is 1190. The number of hydrogen-bond acceptors (Lipinski definition) is 6. The molecule has 3 N–H and O–H groups in total. The van der Waals surface area contributed by atoms with Gasteiger partial charge in [0.25, 0.3) is 17.5 Å². The van der Waals surface area contributed by atoms with Crippen LogP contribution in [-0.4, -0.2) is 27.8 Å². The fourth-order valence-corrected chi connectivity index (χ4v) is 3.86. The van der Waals surface area contributed by atoms with Gasteiger partial charge in [0, 0.05) is 29.1 Å². The molecule has 0 fully saturated rings. The molecule has 0 radical (unpaired) electrons. The molecule has 2 amide bonds. The molecule has 0 unspecified atom stereocenters. The Hall–Kier alpha value is -4.05. The Morgan fingerprint density at radius 3 is 2.34 bits per heavy atom. The summed E-state index contributed by atoms with van der Waals surface area (Å²) in [4.78, 5) is 47.6. The first kappa shape index (κ1) is 22.6. The minimum Gasteiger partial charge on any atom is -0.478 e. The molecule has 0 aliphatic carbocycles. The van der Waals surface area contributed by atoms with E-state index in [9.17, 15) is 24.5 Å². The number of thiophene rings is 1. The van der Waals surface area contributed by atoms with Crippen molar-refractivity contribution in [1.29, 1.82) is 0 Å². The standard InChI is InChI=1S/C22H19N3O6S/c1-2-17-11-18(20(27)23-12-13-4-3-5-16(10-13)25(30)31)21(32-17)24-19(26)14-6-8-15(9-7-14)22(28)29/h3-11H,2,12H2,1H3,(H,23,27)(H,24,26)(H,28,29). The molecule has 32 heavy (non-hydrogen) atoms. The van der Waals surface area contributed by atoms with E-state index in [1.165, 1.54) is 47.7 Å². The average molecular weight is 453 g/mol. The number of amides is 2. The first-order chi connectivity index (χ1) is 15.3. The summed E-state index contributed by atoms with van der Waals surface area (Å²) in [5.41, 5.74) is 1.11. The van der Waals surface area contributed by atoms with Crippen molar-refractivity contribution in [3.63, 3.8) is 0 Å². The molecule has 9 nitrogen and oxygen atoms in total. The molecule has 0 aliphatic rings. The molecular formula is C22H19N3O6S. The normalized spacial score (nSPS) is 10.4. The van der Waals surface area contributed by atoms with Crippen molar-refractivity contribution in [2.24, 2.45) is 0 Å². The minimum atomic E-state index is -1.09. The van der Waals surface area contributed by atoms with Crippen LogP contribution in [0.1, 0.15) is 48.4 Å². The van der Waals surface area contributed by atoms with Crippen LogP contribution < -0.4 is 10.6 Å². The maximum absolute atomic E-state index is 12.8. The zero-order chi connectivity index (χ0) is 23.3. The van der Waals surface area contributed by atoms with Gasteiger partial charge in [-0.25, -0.2) is 4.79 Å². The molecule has 164 valence electrons. The number of carboxylic acids is 1. The van der Waals surface area contributed by atoms with Crippen LogP contribution in [0.25, 0.3) is 0 Å². The second-order valence-electron chi connectivity index (χ2n) is 6.76. The maximum atomic E-state index is 12.8. The number of anilines is 1. The number of nitro benzene ring substituents is 1. The molecular weight excluding hydrogens is 434 g/mol. The highest BCUT2D eigenvalue weighted by Crippen LogP contribution is 2.29. The lowest BCUT2D eigenvalue weighted by molar-refractivity contribution is -0.384. The van der Waals surface area contributed by atoms with E-state index in [1.54, 1.807) is 18.2 Å². The van der Waals surface area contributed by atoms with E-state index in [0.717, 1.165) is 4.88 Å². The van der Waals surface area contributed by atoms with Gasteiger partial charge in [-0.2, -0.15) is 0 Å². The van der Waals surface area contributed by atoms with Gasteiger partial charge in [0.1, 0.15) is 5.00 Å². The molecule has 1 heterocycles. The summed E-state index contributed by atoms with van der Waals surface area (Å²) in [5.74, 6) is -1.99. The molecule has 0 bridgehead atoms. The van der Waals surface area contributed by atoms with Crippen molar-refractivity contribution in [2.45, 2.75) is 19.9 Å². The fraction of sp³-hybridized carbons (Fsp3) is 0.136. The van der Waals surface area contributed by atoms with Gasteiger partial charge in [-0.15, -0.1) is 11.3 Å². The zero-order valence-corrected chi connectivity index (χ0v) is 17.8. The number of carbonyl (C=O) groups is 3. The largest absolute Gasteiger partial charge is 0.478 e. The molecule has 0 saturated carbocycles. The number of aryl methyl sites for hydroxylation is 1. The van der Waals surface area contributed by atoms with E-state index >= 15 is 0 Å². The number of non-ortho nitro benzene ring substituents is 1. The van der Waals surface area contributed by atoms with Crippen molar-refractivity contribution < 1.29 is 24.4 Å². The van der Waals surface area contributed by atoms with E-state index in [0.29, 0.717) is 17.0 Å². The van der Waals surface area contributed by atoms with Gasteiger partial charge in [0.15, 0.2) is 0 Å². The molecule has 3 rings (SSSR count). The first-order valence-corrected chi connectivity index (χ1v) is 10.4. The predicted octanol–water partition coefficient (Wildman–Crippen LogP) is 4.10. The SMILES string of the molecule is CCc1cc(C(=O)NCc2cccc([N+](=O)[O-])c2)c(NC(=O)c2ccc(C(=O)O)cc2)s1. The number of carbonyl (C=O) groups excluding carboxylic acids is 2. The summed E-state index contributed by atoms with van der Waals surface area (Å²) in [6.45, 7) is 2.01. The van der Waals surface area contributed by atoms with Crippen LogP contribution >= 0.6 is 11.3 Å². The lowest BCUT2D eigenvalue weighted by Gasteiger charge is -2.08. The molecule has 1 aromatic heterocycles. The summed E-state index contributed by atoms with van der Waals surface area (Å²) in [5, 5.41) is 25.7. The van der Waals surface area contributed by atoms with Crippen LogP contribution in [-0.2, 0) is 13.0 Å². The van der Waals surface area contributed by atoms with Gasteiger partial charge < -0.3 is 15.7 Å². The third-order valence-corrected chi connectivity index (χ3v) is 5.77. The van der Waals surface area contributed by atoms with Gasteiger partial charge in [0.2, 0.25) is 0 Å². The Labute approximate surface area is 186 Å². The lowest BCUT2D eigenvalue weighted by atomic mass is 10.1. The van der Waals surface area contributed by atoms with E-state index in [4.69, 9.17) is 5.11 Å². The molecule has 0 spiro atoms. The highest BCUT2D eigenvalue weighted by Gasteiger charge is 2.19. The number of aromatic carboxylic acids is 1. The smallest absolute Gasteiger partial charge is 0.335 e. The van der Waals surface area contributed by atoms with Gasteiger partial charge in [-0.3, -0.25) is 19.7 Å². The third-order valence-electron chi connectivity index (χ3n) is 4.57. The van der Waals surface area contributed by atoms with Crippen molar-refractivity contribution >= 4 is 39.8 Å². The zero-order valence-electron chi connectivity index (χ0n) is 17.0. The van der Waals surface area contributed by atoms with Crippen LogP contribution in [0.3, 0.4) is 0 Å². The van der Waals surface area contributed by atoms with E-state index < -0.39 is 22.7 Å². The number of rotatable bonds is 8. The van der Waals surface area contributed by atoms with Gasteiger partial charge in [-0.05, 0) is 42.3 Å². The van der Waals surface area contributed by atoms with Crippen molar-refractivity contribution in [3.05, 3.63) is 91.8 Å². The van der Waals surface area contributed by atoms with Gasteiger partial charge in [0.05, 0.1) is 16.1 Å². The maximum Gasteiger partial charge on any atom is 0.335 e. The highest BCUT2D eigenvalue weighted by atomic mass is 32.1. The molecule has 2 aromatic carbocycles. The molecule has 0 aliphatic heterocycles. The van der Waals surface area contributed by atoms with Crippen molar-refractivity contribution in [2.75, 3.05) is 5.32 Å². The lowest BCUT2D eigenvalue weighted by Crippen LogP contribution is -2.24. The van der Waals surface area contributed by atoms with E-state index in [1.807, 2.05) is 6.92 Å². The van der Waals surface area contributed by atoms with Crippen LogP contribution in [0.4, 0.5) is 10.7 Å². The predicted molar refractivity (Wildman–Crippen MR) is 119 cm³/mol. The van der Waals surface area contributed by atoms with Crippen LogP contribution in [0.2, 0.25) is 0 Å². The van der Waals surface area contributed by atoms with Crippen LogP contribution in [0, 0.1) is 10.1 Å². The molecule has 0 saturated heterocycles. The first-order valence-electron chi connectivity index (χ1n) is 9.57. The number of carboxylic acid groups (broad SMARTS) is 1. The van der Waals surface area contributed by atoms with E-state index in [2.05, 4.69) is 10.6 Å². The second kappa shape index (κ2) is 9.84. The van der Waals surface area contributed by atoms with E-state index in [-0.39, 0.29) is 28.9 Å². The van der Waals surface area contributed by atoms with Crippen LogP contribution in [0.5, 0.6) is 0 Å². The number of nitro groups is 1. The quantitative estimate of drug-likeness (QED) is 0.347. The number of nitrogens with one attached hydrogen (secondary N) is 2. The summed E-state index contributed by atoms with van der Waals surface area (Å²) in [7, 11) is 0. The average Bonchev–Trinajstić information content (AvgIpc) is 3.20. The second-order valence-corrected chi connectivity index (χ2v) is 7.89. The number of hydrogen-bond donors (Lipinski definition) is 3. The minimum absolute atomic E-state index is 0.0622. The van der Waals surface area contributed by atoms with Crippen molar-refractivity contribution in [3.8, 4) is 0 Å². The van der Waals surface area contributed by atoms with Gasteiger partial charge in [-0.1, -0.05) is 19.1 Å². The Morgan fingerprint density at radius 1 is 1.03 bits per heavy atom. The van der Waals surface area contributed by atoms with Gasteiger partial charge >= 0.3 is 5.97 Å². The molecule has 3 aromatic rings. The Morgan fingerprint density at radius 2 is 1.72 bits per heavy atom. The summed E-state index contributed by atoms with van der Waals surface area (Å²) < 4.78 is 0. The summed E-state index contributed by atoms with van der Waals surface area (Å²) in [6.07, 6.45) is 0.666. The van der Waals surface area contributed by atoms with Crippen LogP contribution in [0.15, 0.2) is 54.6 Å². The Kier molecular flexibility index (Phi) is 6.96. The topological polar surface area (TPSA) is 139 Å². The fourth-order valence-electron chi connectivity index (χ4n) is 2.87. The Balaban J connectivity index is 1.74. The van der Waals surface area contributed by atoms with Crippen molar-refractivity contribution in [1.82, 2.24) is 5.32 Å².